The molecule has 2 heterocycles. The fourth-order valence-corrected chi connectivity index (χ4v) is 3.52. The highest BCUT2D eigenvalue weighted by Crippen LogP contribution is 2.27. The summed E-state index contributed by atoms with van der Waals surface area (Å²) in [6.45, 7) is 6.25. The van der Waals surface area contributed by atoms with Crippen LogP contribution in [-0.4, -0.2) is 28.5 Å². The predicted molar refractivity (Wildman–Crippen MR) is 94.8 cm³/mol. The van der Waals surface area contributed by atoms with Crippen molar-refractivity contribution in [3.05, 3.63) is 36.0 Å². The molecule has 128 valence electrons. The summed E-state index contributed by atoms with van der Waals surface area (Å²) in [7, 11) is 1.90. The highest BCUT2D eigenvalue weighted by Gasteiger charge is 2.37. The van der Waals surface area contributed by atoms with Crippen LogP contribution < -0.4 is 10.6 Å². The van der Waals surface area contributed by atoms with Crippen LogP contribution in [0.15, 0.2) is 30.3 Å². The van der Waals surface area contributed by atoms with E-state index in [1.54, 1.807) is 0 Å². The third-order valence-electron chi connectivity index (χ3n) is 4.84. The van der Waals surface area contributed by atoms with Crippen molar-refractivity contribution in [2.45, 2.75) is 45.7 Å². The van der Waals surface area contributed by atoms with Crippen LogP contribution in [0.1, 0.15) is 44.1 Å². The highest BCUT2D eigenvalue weighted by molar-refractivity contribution is 5.99. The highest BCUT2D eigenvalue weighted by atomic mass is 16.2. The van der Waals surface area contributed by atoms with E-state index in [0.29, 0.717) is 18.5 Å². The van der Waals surface area contributed by atoms with Crippen LogP contribution >= 0.6 is 0 Å². The summed E-state index contributed by atoms with van der Waals surface area (Å²) in [4.78, 5) is 24.6. The van der Waals surface area contributed by atoms with Gasteiger partial charge in [0.05, 0.1) is 12.1 Å². The summed E-state index contributed by atoms with van der Waals surface area (Å²) in [5.74, 6) is -0.0332. The van der Waals surface area contributed by atoms with Gasteiger partial charge in [-0.1, -0.05) is 39.0 Å². The van der Waals surface area contributed by atoms with Crippen molar-refractivity contribution in [2.75, 3.05) is 0 Å². The molecule has 5 heteroatoms. The van der Waals surface area contributed by atoms with E-state index in [1.165, 1.54) is 0 Å². The van der Waals surface area contributed by atoms with Gasteiger partial charge in [0.15, 0.2) is 0 Å². The molecule has 1 fully saturated rings. The van der Waals surface area contributed by atoms with Gasteiger partial charge < -0.3 is 15.2 Å². The van der Waals surface area contributed by atoms with Crippen molar-refractivity contribution in [3.63, 3.8) is 0 Å². The van der Waals surface area contributed by atoms with Crippen LogP contribution in [-0.2, 0) is 11.8 Å². The Morgan fingerprint density at radius 2 is 2.00 bits per heavy atom. The van der Waals surface area contributed by atoms with Crippen LogP contribution in [0.3, 0.4) is 0 Å². The van der Waals surface area contributed by atoms with E-state index < -0.39 is 0 Å². The van der Waals surface area contributed by atoms with Gasteiger partial charge >= 0.3 is 0 Å². The lowest BCUT2D eigenvalue weighted by Gasteiger charge is -2.41. The van der Waals surface area contributed by atoms with Crippen LogP contribution in [0.2, 0.25) is 0 Å². The number of hydrogen-bond acceptors (Lipinski definition) is 2. The molecule has 0 radical (unpaired) electrons. The maximum atomic E-state index is 12.8. The van der Waals surface area contributed by atoms with Gasteiger partial charge in [-0.05, 0) is 24.0 Å². The van der Waals surface area contributed by atoms with E-state index in [2.05, 4.69) is 31.4 Å². The van der Waals surface area contributed by atoms with Crippen LogP contribution in [0.4, 0.5) is 0 Å². The third kappa shape index (κ3) is 3.03. The smallest absolute Gasteiger partial charge is 0.268 e. The van der Waals surface area contributed by atoms with Gasteiger partial charge in [0.2, 0.25) is 5.91 Å². The van der Waals surface area contributed by atoms with Crippen molar-refractivity contribution in [1.29, 1.82) is 0 Å². The number of aromatic nitrogens is 1. The van der Waals surface area contributed by atoms with Gasteiger partial charge in [0.1, 0.15) is 5.69 Å². The first kappa shape index (κ1) is 16.6. The van der Waals surface area contributed by atoms with Crippen molar-refractivity contribution in [2.24, 2.45) is 12.5 Å². The molecule has 0 bridgehead atoms. The molecule has 2 amide bonds. The fraction of sp³-hybridized carbons (Fsp3) is 0.474. The van der Waals surface area contributed by atoms with E-state index in [9.17, 15) is 9.59 Å². The number of rotatable bonds is 2. The largest absolute Gasteiger partial charge is 0.351 e. The molecule has 1 aliphatic rings. The Bertz CT molecular complexity index is 785. The summed E-state index contributed by atoms with van der Waals surface area (Å²) in [5, 5.41) is 7.23. The standard InChI is InChI=1S/C19H25N3O2/c1-19(2,3)17-13(9-10-16(23)21-17)20-18(24)15-11-12-7-5-6-8-14(12)22(15)4/h5-8,11,13,17H,9-10H2,1-4H3,(H,20,24)(H,21,23)/t13-,17-/m1/s1. The molecule has 5 nitrogen and oxygen atoms in total. The molecule has 0 unspecified atom stereocenters. The SMILES string of the molecule is Cn1c(C(=O)N[C@@H]2CCC(=O)N[C@H]2C(C)(C)C)cc2ccccc21. The monoisotopic (exact) mass is 327 g/mol. The van der Waals surface area contributed by atoms with E-state index in [1.807, 2.05) is 41.9 Å². The van der Waals surface area contributed by atoms with E-state index >= 15 is 0 Å². The lowest BCUT2D eigenvalue weighted by Crippen LogP contribution is -2.60. The predicted octanol–water partition coefficient (Wildman–Crippen LogP) is 2.60. The number of piperidine rings is 1. The summed E-state index contributed by atoms with van der Waals surface area (Å²) < 4.78 is 1.91. The Morgan fingerprint density at radius 3 is 2.67 bits per heavy atom. The molecule has 0 saturated carbocycles. The van der Waals surface area contributed by atoms with Crippen LogP contribution in [0, 0.1) is 5.41 Å². The van der Waals surface area contributed by atoms with Crippen molar-refractivity contribution in [1.82, 2.24) is 15.2 Å². The first-order chi connectivity index (χ1) is 11.3. The minimum atomic E-state index is -0.118. The molecule has 0 spiro atoms. The lowest BCUT2D eigenvalue weighted by molar-refractivity contribution is -0.125. The van der Waals surface area contributed by atoms with Crippen LogP contribution in [0.25, 0.3) is 10.9 Å². The second kappa shape index (κ2) is 5.96. The molecule has 1 aromatic heterocycles. The number of aryl methyl sites for hydroxylation is 1. The molecule has 2 N–H and O–H groups in total. The molecule has 1 aromatic carbocycles. The molecule has 1 aliphatic heterocycles. The number of fused-ring (bicyclic) bond motifs is 1. The summed E-state index contributed by atoms with van der Waals surface area (Å²) in [6, 6.07) is 9.73. The van der Waals surface area contributed by atoms with E-state index in [-0.39, 0.29) is 29.3 Å². The maximum Gasteiger partial charge on any atom is 0.268 e. The Morgan fingerprint density at radius 1 is 1.29 bits per heavy atom. The first-order valence-corrected chi connectivity index (χ1v) is 8.42. The van der Waals surface area contributed by atoms with Gasteiger partial charge in [-0.2, -0.15) is 0 Å². The topological polar surface area (TPSA) is 63.1 Å². The van der Waals surface area contributed by atoms with Crippen molar-refractivity contribution in [3.8, 4) is 0 Å². The number of nitrogens with zero attached hydrogens (tertiary/aromatic N) is 1. The number of benzene rings is 1. The average molecular weight is 327 g/mol. The molecule has 3 rings (SSSR count). The summed E-state index contributed by atoms with van der Waals surface area (Å²) in [6.07, 6.45) is 1.12. The molecule has 24 heavy (non-hydrogen) atoms. The van der Waals surface area contributed by atoms with Gasteiger partial charge in [0, 0.05) is 24.4 Å². The van der Waals surface area contributed by atoms with Crippen LogP contribution in [0.5, 0.6) is 0 Å². The van der Waals surface area contributed by atoms with Gasteiger partial charge in [-0.15, -0.1) is 0 Å². The molecule has 2 aromatic rings. The average Bonchev–Trinajstić information content (AvgIpc) is 2.86. The Balaban J connectivity index is 1.84. The van der Waals surface area contributed by atoms with E-state index in [0.717, 1.165) is 10.9 Å². The molecule has 2 atom stereocenters. The Labute approximate surface area is 142 Å². The second-order valence-electron chi connectivity index (χ2n) is 7.68. The number of hydrogen-bond donors (Lipinski definition) is 2. The van der Waals surface area contributed by atoms with E-state index in [4.69, 9.17) is 0 Å². The second-order valence-corrected chi connectivity index (χ2v) is 7.68. The van der Waals surface area contributed by atoms with Crippen molar-refractivity contribution < 1.29 is 9.59 Å². The van der Waals surface area contributed by atoms with Gasteiger partial charge in [0.25, 0.3) is 5.91 Å². The lowest BCUT2D eigenvalue weighted by atomic mass is 9.78. The molecular formula is C19H25N3O2. The Kier molecular flexibility index (Phi) is 4.11. The maximum absolute atomic E-state index is 12.8. The minimum Gasteiger partial charge on any atom is -0.351 e. The fourth-order valence-electron chi connectivity index (χ4n) is 3.52. The molecule has 1 saturated heterocycles. The number of carbonyl (C=O) groups is 2. The zero-order valence-corrected chi connectivity index (χ0v) is 14.7. The number of nitrogens with one attached hydrogen (secondary N) is 2. The molecule has 0 aliphatic carbocycles. The number of para-hydroxylation sites is 1. The van der Waals surface area contributed by atoms with Crippen molar-refractivity contribution >= 4 is 22.7 Å². The summed E-state index contributed by atoms with van der Waals surface area (Å²) >= 11 is 0. The third-order valence-corrected chi connectivity index (χ3v) is 4.84. The van der Waals surface area contributed by atoms with Gasteiger partial charge in [-0.25, -0.2) is 0 Å². The minimum absolute atomic E-state index is 0.0602. The first-order valence-electron chi connectivity index (χ1n) is 8.42. The zero-order chi connectivity index (χ0) is 17.5. The number of carbonyl (C=O) groups excluding carboxylic acids is 2. The normalized spacial score (nSPS) is 21.6. The molecular weight excluding hydrogens is 302 g/mol. The number of amides is 2. The van der Waals surface area contributed by atoms with Gasteiger partial charge in [-0.3, -0.25) is 9.59 Å². The zero-order valence-electron chi connectivity index (χ0n) is 14.7. The Hall–Kier alpha value is -2.30. The summed E-state index contributed by atoms with van der Waals surface area (Å²) in [5.41, 5.74) is 1.56. The quantitative estimate of drug-likeness (QED) is 0.890.